The average molecular weight is 263 g/mol. The average Bonchev–Trinajstić information content (AvgIpc) is 2.21. The first-order valence-corrected chi connectivity index (χ1v) is 5.26. The fraction of sp³-hybridized carbons (Fsp3) is 0.455. The van der Waals surface area contributed by atoms with E-state index in [2.05, 4.69) is 0 Å². The Hall–Kier alpha value is -1.63. The first kappa shape index (κ1) is 14.4. The van der Waals surface area contributed by atoms with Crippen LogP contribution in [0.4, 0.5) is 24.5 Å². The third-order valence-corrected chi connectivity index (χ3v) is 2.32. The Bertz CT molecular complexity index is 419. The lowest BCUT2D eigenvalue weighted by Crippen LogP contribution is -2.21. The molecule has 1 rings (SSSR count). The van der Waals surface area contributed by atoms with Crippen LogP contribution in [0, 0.1) is 0 Å². The number of nitrogens with two attached hydrogens (primary N) is 2. The number of nitrogen functional groups attached to an aromatic ring is 2. The minimum Gasteiger partial charge on any atom is -0.492 e. The van der Waals surface area contributed by atoms with Crippen LogP contribution in [0.3, 0.4) is 0 Å². The molecule has 0 atom stereocenters. The van der Waals surface area contributed by atoms with Crippen LogP contribution in [-0.4, -0.2) is 32.1 Å². The first-order chi connectivity index (χ1) is 8.23. The molecule has 0 aromatic heterocycles. The Morgan fingerprint density at radius 2 is 1.83 bits per heavy atom. The highest BCUT2D eigenvalue weighted by atomic mass is 19.4. The second kappa shape index (κ2) is 5.34. The predicted octanol–water partition coefficient (Wildman–Crippen LogP) is 1.81. The summed E-state index contributed by atoms with van der Waals surface area (Å²) in [6.45, 7) is 0.640. The highest BCUT2D eigenvalue weighted by Crippen LogP contribution is 2.42. The number of rotatable bonds is 4. The predicted molar refractivity (Wildman–Crippen MR) is 64.3 cm³/mol. The van der Waals surface area contributed by atoms with E-state index in [0.717, 1.165) is 0 Å². The molecule has 0 saturated heterocycles. The number of likely N-dealkylation sites (N-methyl/N-ethyl adjacent to an activating group) is 1. The molecular weight excluding hydrogens is 247 g/mol. The summed E-state index contributed by atoms with van der Waals surface area (Å²) >= 11 is 0. The van der Waals surface area contributed by atoms with Crippen molar-refractivity contribution in [2.75, 3.05) is 38.7 Å². The number of benzene rings is 1. The molecule has 0 saturated carbocycles. The molecule has 0 unspecified atom stereocenters. The lowest BCUT2D eigenvalue weighted by molar-refractivity contribution is -0.138. The summed E-state index contributed by atoms with van der Waals surface area (Å²) in [5.74, 6) is -0.295. The quantitative estimate of drug-likeness (QED) is 0.813. The molecule has 1 aromatic rings. The van der Waals surface area contributed by atoms with Gasteiger partial charge in [-0.05, 0) is 26.2 Å². The van der Waals surface area contributed by atoms with Crippen LogP contribution in [0.15, 0.2) is 12.1 Å². The van der Waals surface area contributed by atoms with Crippen molar-refractivity contribution in [2.24, 2.45) is 0 Å². The van der Waals surface area contributed by atoms with E-state index in [0.29, 0.717) is 6.54 Å². The minimum absolute atomic E-state index is 0.109. The topological polar surface area (TPSA) is 64.5 Å². The molecule has 0 aliphatic carbocycles. The molecule has 0 radical (unpaired) electrons. The molecule has 0 fully saturated rings. The maximum absolute atomic E-state index is 12.8. The molecule has 18 heavy (non-hydrogen) atoms. The summed E-state index contributed by atoms with van der Waals surface area (Å²) in [6.07, 6.45) is -4.59. The van der Waals surface area contributed by atoms with Crippen molar-refractivity contribution in [2.45, 2.75) is 6.18 Å². The van der Waals surface area contributed by atoms with E-state index in [4.69, 9.17) is 16.2 Å². The van der Waals surface area contributed by atoms with Crippen LogP contribution in [0.2, 0.25) is 0 Å². The monoisotopic (exact) mass is 263 g/mol. The first-order valence-electron chi connectivity index (χ1n) is 5.26. The number of hydrogen-bond acceptors (Lipinski definition) is 4. The van der Waals surface area contributed by atoms with Gasteiger partial charge >= 0.3 is 6.18 Å². The van der Waals surface area contributed by atoms with Crippen molar-refractivity contribution < 1.29 is 17.9 Å². The van der Waals surface area contributed by atoms with E-state index in [1.807, 2.05) is 0 Å². The van der Waals surface area contributed by atoms with Gasteiger partial charge in [-0.1, -0.05) is 0 Å². The maximum atomic E-state index is 12.8. The molecular formula is C11H16F3N3O. The molecule has 102 valence electrons. The van der Waals surface area contributed by atoms with Gasteiger partial charge in [0.2, 0.25) is 0 Å². The molecule has 0 aliphatic heterocycles. The summed E-state index contributed by atoms with van der Waals surface area (Å²) in [6, 6.07) is 2.49. The van der Waals surface area contributed by atoms with E-state index < -0.39 is 17.4 Å². The van der Waals surface area contributed by atoms with E-state index in [1.165, 1.54) is 12.1 Å². The lowest BCUT2D eigenvalue weighted by atomic mass is 10.1. The minimum atomic E-state index is -4.59. The van der Waals surface area contributed by atoms with Crippen LogP contribution >= 0.6 is 0 Å². The number of hydrogen-bond donors (Lipinski definition) is 2. The van der Waals surface area contributed by atoms with Gasteiger partial charge in [0.1, 0.15) is 17.9 Å². The van der Waals surface area contributed by atoms with Gasteiger partial charge in [-0.15, -0.1) is 0 Å². The molecule has 0 aliphatic rings. The van der Waals surface area contributed by atoms with Crippen molar-refractivity contribution in [1.29, 1.82) is 0 Å². The summed E-state index contributed by atoms with van der Waals surface area (Å²) in [7, 11) is 3.59. The molecule has 1 aromatic carbocycles. The van der Waals surface area contributed by atoms with Gasteiger partial charge in [-0.25, -0.2) is 0 Å². The Balaban J connectivity index is 3.01. The van der Waals surface area contributed by atoms with Crippen molar-refractivity contribution in [1.82, 2.24) is 4.90 Å². The Morgan fingerprint density at radius 3 is 2.33 bits per heavy atom. The van der Waals surface area contributed by atoms with Crippen LogP contribution < -0.4 is 16.2 Å². The van der Waals surface area contributed by atoms with Crippen molar-refractivity contribution >= 4 is 11.4 Å². The molecule has 4 N–H and O–H groups in total. The zero-order chi connectivity index (χ0) is 13.9. The summed E-state index contributed by atoms with van der Waals surface area (Å²) < 4.78 is 43.7. The van der Waals surface area contributed by atoms with Gasteiger partial charge in [0.15, 0.2) is 0 Å². The number of halogens is 3. The van der Waals surface area contributed by atoms with Gasteiger partial charge in [0.25, 0.3) is 0 Å². The van der Waals surface area contributed by atoms with Crippen LogP contribution in [-0.2, 0) is 6.18 Å². The van der Waals surface area contributed by atoms with Crippen LogP contribution in [0.1, 0.15) is 5.56 Å². The van der Waals surface area contributed by atoms with Crippen molar-refractivity contribution in [3.8, 4) is 5.75 Å². The van der Waals surface area contributed by atoms with E-state index in [9.17, 15) is 13.2 Å². The zero-order valence-corrected chi connectivity index (χ0v) is 10.2. The van der Waals surface area contributed by atoms with E-state index >= 15 is 0 Å². The molecule has 0 bridgehead atoms. The largest absolute Gasteiger partial charge is 0.492 e. The molecule has 4 nitrogen and oxygen atoms in total. The second-order valence-corrected chi connectivity index (χ2v) is 4.09. The van der Waals surface area contributed by atoms with Gasteiger partial charge < -0.3 is 21.1 Å². The molecule has 0 amide bonds. The fourth-order valence-electron chi connectivity index (χ4n) is 1.37. The van der Waals surface area contributed by atoms with Crippen molar-refractivity contribution in [3.05, 3.63) is 17.7 Å². The third kappa shape index (κ3) is 3.43. The smallest absolute Gasteiger partial charge is 0.422 e. The second-order valence-electron chi connectivity index (χ2n) is 4.09. The zero-order valence-electron chi connectivity index (χ0n) is 10.2. The number of alkyl halides is 3. The van der Waals surface area contributed by atoms with Crippen molar-refractivity contribution in [3.63, 3.8) is 0 Å². The molecule has 0 heterocycles. The number of anilines is 2. The Kier molecular flexibility index (Phi) is 4.28. The third-order valence-electron chi connectivity index (χ3n) is 2.32. The van der Waals surface area contributed by atoms with Gasteiger partial charge in [0.05, 0.1) is 11.4 Å². The van der Waals surface area contributed by atoms with Crippen LogP contribution in [0.25, 0.3) is 0 Å². The normalized spacial score (nSPS) is 11.9. The Morgan fingerprint density at radius 1 is 1.22 bits per heavy atom. The summed E-state index contributed by atoms with van der Waals surface area (Å²) in [4.78, 5) is 1.80. The SMILES string of the molecule is CN(C)CCOc1ccc(N)c(N)c1C(F)(F)F. The maximum Gasteiger partial charge on any atom is 0.422 e. The lowest BCUT2D eigenvalue weighted by Gasteiger charge is -2.18. The van der Waals surface area contributed by atoms with Gasteiger partial charge in [-0.3, -0.25) is 0 Å². The number of ether oxygens (including phenoxy) is 1. The summed E-state index contributed by atoms with van der Waals surface area (Å²) in [5, 5.41) is 0. The molecule has 7 heteroatoms. The standard InChI is InChI=1S/C11H16F3N3O/c1-17(2)5-6-18-8-4-3-7(15)10(16)9(8)11(12,13)14/h3-4H,5-6,15-16H2,1-2H3. The molecule has 0 spiro atoms. The van der Waals surface area contributed by atoms with Gasteiger partial charge in [-0.2, -0.15) is 13.2 Å². The fourth-order valence-corrected chi connectivity index (χ4v) is 1.37. The highest BCUT2D eigenvalue weighted by molar-refractivity contribution is 5.71. The van der Waals surface area contributed by atoms with Gasteiger partial charge in [0, 0.05) is 6.54 Å². The number of nitrogens with zero attached hydrogens (tertiary/aromatic N) is 1. The van der Waals surface area contributed by atoms with E-state index in [-0.39, 0.29) is 18.0 Å². The highest BCUT2D eigenvalue weighted by Gasteiger charge is 2.37. The summed E-state index contributed by atoms with van der Waals surface area (Å²) in [5.41, 5.74) is 9.12. The Labute approximate surface area is 103 Å². The van der Waals surface area contributed by atoms with E-state index in [1.54, 1.807) is 19.0 Å². The van der Waals surface area contributed by atoms with Crippen LogP contribution in [0.5, 0.6) is 5.75 Å².